The lowest BCUT2D eigenvalue weighted by Gasteiger charge is -2.15. The Bertz CT molecular complexity index is 2670. The SMILES string of the molecule is [2H]c1c([2H])c(-c2cc3ccc4ccccc4c3c3ccccc23)c([2H])c([2H])c1-c1cc2cc3ccccc3cc2c2ccccc12. The molecule has 0 fully saturated rings. The second kappa shape index (κ2) is 9.03. The number of benzene rings is 9. The fraction of sp³-hybridized carbons (Fsp3) is 0. The summed E-state index contributed by atoms with van der Waals surface area (Å²) >= 11 is 0. The van der Waals surface area contributed by atoms with Crippen LogP contribution in [0.1, 0.15) is 5.48 Å². The summed E-state index contributed by atoms with van der Waals surface area (Å²) in [5, 5.41) is 12.6. The number of hydrogen-bond acceptors (Lipinski definition) is 0. The van der Waals surface area contributed by atoms with Crippen LogP contribution < -0.4 is 0 Å². The average molecular weight is 535 g/mol. The summed E-state index contributed by atoms with van der Waals surface area (Å²) in [5.41, 5.74) is 2.05. The molecule has 0 saturated carbocycles. The highest BCUT2D eigenvalue weighted by atomic mass is 14.2. The Kier molecular flexibility index (Phi) is 4.21. The molecule has 0 aromatic heterocycles. The molecular formula is C42H26. The summed E-state index contributed by atoms with van der Waals surface area (Å²) in [6.45, 7) is 0. The lowest BCUT2D eigenvalue weighted by Crippen LogP contribution is -1.88. The average Bonchev–Trinajstić information content (AvgIpc) is 3.10. The summed E-state index contributed by atoms with van der Waals surface area (Å²) in [5.74, 6) is 0. The summed E-state index contributed by atoms with van der Waals surface area (Å²) in [6.07, 6.45) is 0. The minimum Gasteiger partial charge on any atom is -0.0616 e. The van der Waals surface area contributed by atoms with E-state index in [0.29, 0.717) is 22.3 Å². The first-order valence-electron chi connectivity index (χ1n) is 16.3. The van der Waals surface area contributed by atoms with E-state index in [9.17, 15) is 5.48 Å². The Balaban J connectivity index is 1.35. The fourth-order valence-electron chi connectivity index (χ4n) is 6.67. The lowest BCUT2D eigenvalue weighted by molar-refractivity contribution is 1.64. The first-order valence-corrected chi connectivity index (χ1v) is 14.3. The van der Waals surface area contributed by atoms with Gasteiger partial charge in [-0.25, -0.2) is 0 Å². The quantitative estimate of drug-likeness (QED) is 0.153. The predicted molar refractivity (Wildman–Crippen MR) is 182 cm³/mol. The van der Waals surface area contributed by atoms with E-state index in [4.69, 9.17) is 0 Å². The monoisotopic (exact) mass is 534 g/mol. The largest absolute Gasteiger partial charge is 0.0629 e. The smallest absolute Gasteiger partial charge is 0.0616 e. The molecular weight excluding hydrogens is 504 g/mol. The van der Waals surface area contributed by atoms with Crippen LogP contribution in [0.3, 0.4) is 0 Å². The fourth-order valence-corrected chi connectivity index (χ4v) is 6.67. The van der Waals surface area contributed by atoms with Crippen molar-refractivity contribution in [3.05, 3.63) is 158 Å². The maximum atomic E-state index is 9.36. The zero-order chi connectivity index (χ0) is 31.1. The molecule has 42 heavy (non-hydrogen) atoms. The number of hydrogen-bond donors (Lipinski definition) is 0. The van der Waals surface area contributed by atoms with Gasteiger partial charge >= 0.3 is 0 Å². The van der Waals surface area contributed by atoms with Crippen LogP contribution in [0.25, 0.3) is 86.9 Å². The molecule has 0 amide bonds. The number of fused-ring (bicyclic) bond motifs is 9. The first-order chi connectivity index (χ1) is 22.5. The molecule has 0 heterocycles. The molecule has 0 radical (unpaired) electrons. The van der Waals surface area contributed by atoms with E-state index >= 15 is 0 Å². The maximum absolute atomic E-state index is 9.36. The standard InChI is InChI=1S/C42H26/c1-2-11-31-24-41-33(23-30(31)10-1)26-40(35-13-5-6-14-36(35)41)29-19-17-28(18-20-29)39-25-32-22-21-27-9-3-4-12-34(27)42(32)38-16-8-7-15-37(38)39/h1-26H/i17D,18D,19D,20D. The van der Waals surface area contributed by atoms with Gasteiger partial charge in [-0.1, -0.05) is 133 Å². The van der Waals surface area contributed by atoms with Crippen molar-refractivity contribution in [2.45, 2.75) is 0 Å². The van der Waals surface area contributed by atoms with Crippen molar-refractivity contribution < 1.29 is 5.48 Å². The minimum atomic E-state index is -0.0380. The predicted octanol–water partition coefficient (Wildman–Crippen LogP) is 11.9. The topological polar surface area (TPSA) is 0 Å². The lowest BCUT2D eigenvalue weighted by atomic mass is 9.89. The Morgan fingerprint density at radius 3 is 1.48 bits per heavy atom. The van der Waals surface area contributed by atoms with Gasteiger partial charge < -0.3 is 0 Å². The third-order valence-corrected chi connectivity index (χ3v) is 8.64. The van der Waals surface area contributed by atoms with Crippen LogP contribution in [-0.4, -0.2) is 0 Å². The molecule has 0 unspecified atom stereocenters. The Hall–Kier alpha value is -5.46. The molecule has 0 spiro atoms. The maximum Gasteiger partial charge on any atom is 0.0629 e. The highest BCUT2D eigenvalue weighted by molar-refractivity contribution is 6.23. The molecule has 9 rings (SSSR count). The van der Waals surface area contributed by atoms with Gasteiger partial charge in [0.2, 0.25) is 0 Å². The normalized spacial score (nSPS) is 13.1. The molecule has 0 atom stereocenters. The summed E-state index contributed by atoms with van der Waals surface area (Å²) in [6, 6.07) is 45.2. The van der Waals surface area contributed by atoms with Gasteiger partial charge in [-0.05, 0) is 111 Å². The van der Waals surface area contributed by atoms with Gasteiger partial charge in [-0.15, -0.1) is 0 Å². The molecule has 0 saturated heterocycles. The van der Waals surface area contributed by atoms with Gasteiger partial charge in [-0.3, -0.25) is 0 Å². The highest BCUT2D eigenvalue weighted by Crippen LogP contribution is 2.40. The van der Waals surface area contributed by atoms with Gasteiger partial charge in [0.1, 0.15) is 0 Å². The molecule has 0 nitrogen and oxygen atoms in total. The van der Waals surface area contributed by atoms with Crippen molar-refractivity contribution in [3.8, 4) is 22.3 Å². The molecule has 0 heteroatoms. The highest BCUT2D eigenvalue weighted by Gasteiger charge is 2.13. The summed E-state index contributed by atoms with van der Waals surface area (Å²) in [7, 11) is 0. The van der Waals surface area contributed by atoms with Gasteiger partial charge in [0.15, 0.2) is 0 Å². The van der Waals surface area contributed by atoms with Crippen molar-refractivity contribution in [3.63, 3.8) is 0 Å². The molecule has 0 aliphatic carbocycles. The zero-order valence-corrected chi connectivity index (χ0v) is 22.7. The van der Waals surface area contributed by atoms with Crippen LogP contribution in [0.4, 0.5) is 0 Å². The first kappa shape index (κ1) is 19.6. The Labute approximate surface area is 249 Å². The van der Waals surface area contributed by atoms with Crippen LogP contribution in [0.2, 0.25) is 0 Å². The molecule has 0 N–H and O–H groups in total. The van der Waals surface area contributed by atoms with Crippen LogP contribution in [-0.2, 0) is 0 Å². The van der Waals surface area contributed by atoms with Crippen molar-refractivity contribution in [1.29, 1.82) is 0 Å². The summed E-state index contributed by atoms with van der Waals surface area (Å²) < 4.78 is 37.5. The van der Waals surface area contributed by atoms with Gasteiger partial charge in [0.05, 0.1) is 5.48 Å². The van der Waals surface area contributed by atoms with Gasteiger partial charge in [-0.2, -0.15) is 0 Å². The van der Waals surface area contributed by atoms with E-state index in [1.54, 1.807) is 0 Å². The van der Waals surface area contributed by atoms with E-state index < -0.39 is 0 Å². The zero-order valence-electron chi connectivity index (χ0n) is 26.7. The van der Waals surface area contributed by atoms with E-state index in [1.165, 1.54) is 0 Å². The molecule has 194 valence electrons. The van der Waals surface area contributed by atoms with E-state index in [1.807, 2.05) is 72.8 Å². The van der Waals surface area contributed by atoms with E-state index in [-0.39, 0.29) is 24.2 Å². The second-order valence-electron chi connectivity index (χ2n) is 11.0. The number of rotatable bonds is 2. The van der Waals surface area contributed by atoms with Crippen molar-refractivity contribution >= 4 is 64.6 Å². The van der Waals surface area contributed by atoms with E-state index in [0.717, 1.165) is 64.6 Å². The van der Waals surface area contributed by atoms with Crippen LogP contribution in [0.5, 0.6) is 0 Å². The van der Waals surface area contributed by atoms with Gasteiger partial charge in [0, 0.05) is 0 Å². The Morgan fingerprint density at radius 1 is 0.310 bits per heavy atom. The van der Waals surface area contributed by atoms with Crippen LogP contribution >= 0.6 is 0 Å². The minimum absolute atomic E-state index is 0.0380. The second-order valence-corrected chi connectivity index (χ2v) is 11.0. The molecule has 9 aromatic carbocycles. The van der Waals surface area contributed by atoms with Crippen molar-refractivity contribution in [2.75, 3.05) is 0 Å². The third kappa shape index (κ3) is 3.49. The van der Waals surface area contributed by atoms with Crippen molar-refractivity contribution in [1.82, 2.24) is 0 Å². The molecule has 0 aliphatic rings. The molecule has 0 bridgehead atoms. The summed E-state index contributed by atoms with van der Waals surface area (Å²) in [4.78, 5) is 0. The third-order valence-electron chi connectivity index (χ3n) is 8.64. The van der Waals surface area contributed by atoms with Crippen LogP contribution in [0, 0.1) is 0 Å². The van der Waals surface area contributed by atoms with Crippen molar-refractivity contribution in [2.24, 2.45) is 0 Å². The van der Waals surface area contributed by atoms with Crippen LogP contribution in [0.15, 0.2) is 158 Å². The Morgan fingerprint density at radius 2 is 0.786 bits per heavy atom. The van der Waals surface area contributed by atoms with Gasteiger partial charge in [0.25, 0.3) is 0 Å². The molecule has 0 aliphatic heterocycles. The van der Waals surface area contributed by atoms with E-state index in [2.05, 4.69) is 60.7 Å². The molecule has 9 aromatic rings.